The summed E-state index contributed by atoms with van der Waals surface area (Å²) in [4.78, 5) is 36.6. The first-order valence-electron chi connectivity index (χ1n) is 10.7. The molecule has 7 nitrogen and oxygen atoms in total. The van der Waals surface area contributed by atoms with Crippen molar-refractivity contribution in [1.82, 2.24) is 0 Å². The molecule has 0 saturated heterocycles. The third kappa shape index (κ3) is 6.40. The van der Waals surface area contributed by atoms with Crippen LogP contribution in [0.1, 0.15) is 26.2 Å². The molecule has 2 aromatic carbocycles. The highest BCUT2D eigenvalue weighted by atomic mass is 32.1. The van der Waals surface area contributed by atoms with E-state index in [0.29, 0.717) is 22.9 Å². The van der Waals surface area contributed by atoms with Gasteiger partial charge in [0, 0.05) is 26.2 Å². The van der Waals surface area contributed by atoms with Crippen molar-refractivity contribution in [2.45, 2.75) is 38.4 Å². The quantitative estimate of drug-likeness (QED) is 0.257. The summed E-state index contributed by atoms with van der Waals surface area (Å²) in [7, 11) is 0. The minimum absolute atomic E-state index is 0.0883. The van der Waals surface area contributed by atoms with Crippen molar-refractivity contribution >= 4 is 43.4 Å². The predicted molar refractivity (Wildman–Crippen MR) is 128 cm³/mol. The van der Waals surface area contributed by atoms with Crippen LogP contribution in [0.3, 0.4) is 0 Å². The molecule has 0 radical (unpaired) electrons. The van der Waals surface area contributed by atoms with Gasteiger partial charge < -0.3 is 19.3 Å². The number of ether oxygens (including phenoxy) is 3. The Labute approximate surface area is 195 Å². The van der Waals surface area contributed by atoms with Gasteiger partial charge >= 0.3 is 11.9 Å². The van der Waals surface area contributed by atoms with E-state index in [0.717, 1.165) is 28.3 Å². The minimum atomic E-state index is -1.16. The molecule has 2 atom stereocenters. The highest BCUT2D eigenvalue weighted by molar-refractivity contribution is 7.24. The smallest absolute Gasteiger partial charge is 0.347 e. The molecule has 0 saturated carbocycles. The zero-order valence-electron chi connectivity index (χ0n) is 18.3. The number of aliphatic hydroxyl groups is 1. The van der Waals surface area contributed by atoms with Gasteiger partial charge in [0.25, 0.3) is 0 Å². The van der Waals surface area contributed by atoms with E-state index in [-0.39, 0.29) is 18.6 Å². The number of benzene rings is 2. The summed E-state index contributed by atoms with van der Waals surface area (Å²) in [6, 6.07) is 12.6. The number of hydrogen-bond acceptors (Lipinski definition) is 8. The Kier molecular flexibility index (Phi) is 8.57. The third-order valence-electron chi connectivity index (χ3n) is 4.91. The van der Waals surface area contributed by atoms with Crippen molar-refractivity contribution in [3.8, 4) is 5.75 Å². The van der Waals surface area contributed by atoms with Crippen LogP contribution in [-0.4, -0.2) is 42.5 Å². The average molecular weight is 471 g/mol. The molecule has 1 heterocycles. The van der Waals surface area contributed by atoms with E-state index >= 15 is 0 Å². The number of aliphatic hydroxyl groups excluding tert-OH is 1. The summed E-state index contributed by atoms with van der Waals surface area (Å²) < 4.78 is 17.6. The summed E-state index contributed by atoms with van der Waals surface area (Å²) >= 11 is 1.52. The van der Waals surface area contributed by atoms with Gasteiger partial charge in [0.05, 0.1) is 0 Å². The van der Waals surface area contributed by atoms with E-state index in [2.05, 4.69) is 6.58 Å². The van der Waals surface area contributed by atoms with E-state index in [9.17, 15) is 19.5 Å². The molecular weight excluding hydrogens is 444 g/mol. The highest BCUT2D eigenvalue weighted by Crippen LogP contribution is 2.28. The van der Waals surface area contributed by atoms with Gasteiger partial charge in [-0.1, -0.05) is 32.1 Å². The Morgan fingerprint density at radius 3 is 2.58 bits per heavy atom. The third-order valence-corrected chi connectivity index (χ3v) is 6.06. The number of esters is 2. The number of carbonyl (C=O) groups is 2. The molecule has 0 aliphatic heterocycles. The van der Waals surface area contributed by atoms with E-state index in [1.165, 1.54) is 11.3 Å². The molecule has 0 aliphatic rings. The van der Waals surface area contributed by atoms with Gasteiger partial charge in [-0.25, -0.2) is 9.59 Å². The van der Waals surface area contributed by atoms with Crippen LogP contribution in [-0.2, 0) is 19.1 Å². The van der Waals surface area contributed by atoms with Crippen molar-refractivity contribution in [3.63, 3.8) is 0 Å². The molecule has 0 fully saturated rings. The lowest BCUT2D eigenvalue weighted by atomic mass is 10.1. The number of fused-ring (bicyclic) bond motifs is 2. The molecular formula is C25H26O7S. The first-order valence-corrected chi connectivity index (χ1v) is 11.5. The van der Waals surface area contributed by atoms with Gasteiger partial charge in [0.2, 0.25) is 0 Å². The zero-order chi connectivity index (χ0) is 23.8. The molecule has 0 amide bonds. The number of carbonyl (C=O) groups excluding carboxylic acids is 2. The summed E-state index contributed by atoms with van der Waals surface area (Å²) in [5, 5.41) is 11.0. The standard InChI is InChI=1S/C25H26O7S/c1-3-5-9-20(25(29)31-15-16(26)14-30-23(27)4-2)32-17-11-12-22-19(13-17)24(28)18-8-6-7-10-21(18)33-22/h4,6-8,10-13,16,20,26H,2-3,5,9,14-15H2,1H3. The second-order valence-electron chi connectivity index (χ2n) is 7.45. The Hall–Kier alpha value is -3.23. The van der Waals surface area contributed by atoms with Crippen LogP contribution in [0.5, 0.6) is 5.75 Å². The molecule has 1 N–H and O–H groups in total. The fraction of sp³-hybridized carbons (Fsp3) is 0.320. The Morgan fingerprint density at radius 1 is 1.09 bits per heavy atom. The number of unbranched alkanes of at least 4 members (excludes halogenated alkanes) is 1. The molecule has 8 heteroatoms. The van der Waals surface area contributed by atoms with Crippen LogP contribution in [0.4, 0.5) is 0 Å². The van der Waals surface area contributed by atoms with E-state index in [1.54, 1.807) is 18.2 Å². The average Bonchev–Trinajstić information content (AvgIpc) is 2.83. The predicted octanol–water partition coefficient (Wildman–Crippen LogP) is 3.99. The summed E-state index contributed by atoms with van der Waals surface area (Å²) in [6.45, 7) is 4.60. The molecule has 0 bridgehead atoms. The van der Waals surface area contributed by atoms with E-state index < -0.39 is 24.1 Å². The van der Waals surface area contributed by atoms with Crippen molar-refractivity contribution in [2.24, 2.45) is 0 Å². The van der Waals surface area contributed by atoms with Crippen LogP contribution < -0.4 is 10.2 Å². The van der Waals surface area contributed by atoms with Gasteiger partial charge in [0.1, 0.15) is 25.1 Å². The van der Waals surface area contributed by atoms with Crippen LogP contribution in [0.2, 0.25) is 0 Å². The van der Waals surface area contributed by atoms with Crippen molar-refractivity contribution in [1.29, 1.82) is 0 Å². The van der Waals surface area contributed by atoms with E-state index in [4.69, 9.17) is 14.2 Å². The van der Waals surface area contributed by atoms with Crippen LogP contribution in [0.15, 0.2) is 59.9 Å². The molecule has 174 valence electrons. The van der Waals surface area contributed by atoms with Crippen molar-refractivity contribution < 1.29 is 28.9 Å². The normalized spacial score (nSPS) is 12.8. The van der Waals surface area contributed by atoms with Crippen LogP contribution >= 0.6 is 11.3 Å². The molecule has 0 aliphatic carbocycles. The van der Waals surface area contributed by atoms with Gasteiger partial charge in [0.15, 0.2) is 11.5 Å². The molecule has 2 unspecified atom stereocenters. The largest absolute Gasteiger partial charge is 0.479 e. The second kappa shape index (κ2) is 11.6. The number of rotatable bonds is 11. The molecule has 33 heavy (non-hydrogen) atoms. The van der Waals surface area contributed by atoms with Crippen LogP contribution in [0, 0.1) is 0 Å². The molecule has 1 aromatic heterocycles. The fourth-order valence-corrected chi connectivity index (χ4v) is 4.24. The first-order chi connectivity index (χ1) is 15.9. The lowest BCUT2D eigenvalue weighted by molar-refractivity contribution is -0.157. The molecule has 3 rings (SSSR count). The maximum absolute atomic E-state index is 12.9. The van der Waals surface area contributed by atoms with Crippen molar-refractivity contribution in [3.05, 3.63) is 65.3 Å². The van der Waals surface area contributed by atoms with Gasteiger partial charge in [-0.05, 0) is 43.2 Å². The van der Waals surface area contributed by atoms with Crippen LogP contribution in [0.25, 0.3) is 20.2 Å². The first kappa shape index (κ1) is 24.4. The number of hydrogen-bond donors (Lipinski definition) is 1. The summed E-state index contributed by atoms with van der Waals surface area (Å²) in [5.41, 5.74) is -0.0883. The maximum Gasteiger partial charge on any atom is 0.347 e. The van der Waals surface area contributed by atoms with Gasteiger partial charge in [-0.15, -0.1) is 11.3 Å². The minimum Gasteiger partial charge on any atom is -0.479 e. The highest BCUT2D eigenvalue weighted by Gasteiger charge is 2.23. The summed E-state index contributed by atoms with van der Waals surface area (Å²) in [6.07, 6.45) is 0.913. The molecule has 0 spiro atoms. The Morgan fingerprint density at radius 2 is 1.82 bits per heavy atom. The topological polar surface area (TPSA) is 99.1 Å². The second-order valence-corrected chi connectivity index (χ2v) is 8.54. The van der Waals surface area contributed by atoms with Crippen molar-refractivity contribution in [2.75, 3.05) is 13.2 Å². The SMILES string of the molecule is C=CC(=O)OCC(O)COC(=O)C(CCCC)Oc1ccc2sc3ccccc3c(=O)c2c1. The fourth-order valence-electron chi connectivity index (χ4n) is 3.19. The van der Waals surface area contributed by atoms with E-state index in [1.807, 2.05) is 31.2 Å². The van der Waals surface area contributed by atoms with Gasteiger partial charge in [-0.3, -0.25) is 4.79 Å². The summed E-state index contributed by atoms with van der Waals surface area (Å²) in [5.74, 6) is -0.922. The lowest BCUT2D eigenvalue weighted by Crippen LogP contribution is -2.33. The Balaban J connectivity index is 1.73. The lowest BCUT2D eigenvalue weighted by Gasteiger charge is -2.19. The zero-order valence-corrected chi connectivity index (χ0v) is 19.1. The molecule has 3 aromatic rings. The Bertz CT molecular complexity index is 1200. The maximum atomic E-state index is 12.9. The monoisotopic (exact) mass is 470 g/mol. The van der Waals surface area contributed by atoms with Gasteiger partial charge in [-0.2, -0.15) is 0 Å².